The van der Waals surface area contributed by atoms with E-state index in [-0.39, 0.29) is 46.4 Å². The molecule has 37 heavy (non-hydrogen) atoms. The Bertz CT molecular complexity index is 1340. The van der Waals surface area contributed by atoms with Crippen molar-refractivity contribution in [2.24, 2.45) is 0 Å². The van der Waals surface area contributed by atoms with E-state index in [1.54, 1.807) is 19.1 Å². The van der Waals surface area contributed by atoms with Gasteiger partial charge in [-0.25, -0.2) is 4.79 Å². The molecule has 1 aliphatic rings. The molecular weight excluding hydrogens is 507 g/mol. The van der Waals surface area contributed by atoms with Gasteiger partial charge in [0.05, 0.1) is 51.9 Å². The molecule has 0 spiro atoms. The second-order valence-electron chi connectivity index (χ2n) is 8.10. The standard InChI is InChI=1S/C26H24F3N3O4S/c1-4-36-25(34)24-22(14-37(35)18-11-9-17(10-12-18)32-16(3)33)31-15(2)20(13-30)23(24)19-7-5-6-8-21(19)26(27,28)29/h5-12,23,31H,4,14H2,1-3H3,(H,32,33). The van der Waals surface area contributed by atoms with Crippen molar-refractivity contribution in [1.29, 1.82) is 5.26 Å². The predicted octanol–water partition coefficient (Wildman–Crippen LogP) is 4.77. The van der Waals surface area contributed by atoms with E-state index in [9.17, 15) is 32.2 Å². The molecule has 1 amide bonds. The lowest BCUT2D eigenvalue weighted by Crippen LogP contribution is -2.33. The summed E-state index contributed by atoms with van der Waals surface area (Å²) in [4.78, 5) is 24.7. The van der Waals surface area contributed by atoms with Crippen molar-refractivity contribution in [3.8, 4) is 6.07 Å². The fourth-order valence-corrected chi connectivity index (χ4v) is 5.13. The molecule has 0 saturated heterocycles. The number of benzene rings is 2. The van der Waals surface area contributed by atoms with Crippen LogP contribution in [-0.4, -0.2) is 28.4 Å². The Kier molecular flexibility index (Phi) is 8.55. The molecule has 0 aromatic heterocycles. The summed E-state index contributed by atoms with van der Waals surface area (Å²) in [5.74, 6) is -2.82. The van der Waals surface area contributed by atoms with Crippen LogP contribution in [0.15, 0.2) is 76.0 Å². The molecule has 2 atom stereocenters. The van der Waals surface area contributed by atoms with Crippen molar-refractivity contribution >= 4 is 28.4 Å². The zero-order valence-corrected chi connectivity index (χ0v) is 21.0. The van der Waals surface area contributed by atoms with E-state index in [4.69, 9.17) is 4.74 Å². The molecule has 2 N–H and O–H groups in total. The summed E-state index contributed by atoms with van der Waals surface area (Å²) in [6.07, 6.45) is -4.74. The van der Waals surface area contributed by atoms with E-state index in [0.29, 0.717) is 10.6 Å². The van der Waals surface area contributed by atoms with Gasteiger partial charge in [0.25, 0.3) is 0 Å². The van der Waals surface area contributed by atoms with E-state index in [1.807, 2.05) is 6.07 Å². The number of nitriles is 1. The van der Waals surface area contributed by atoms with Gasteiger partial charge < -0.3 is 15.4 Å². The van der Waals surface area contributed by atoms with Gasteiger partial charge in [-0.2, -0.15) is 18.4 Å². The summed E-state index contributed by atoms with van der Waals surface area (Å²) in [6, 6.07) is 12.9. The highest BCUT2D eigenvalue weighted by molar-refractivity contribution is 7.85. The zero-order chi connectivity index (χ0) is 27.3. The average Bonchev–Trinajstić information content (AvgIpc) is 2.83. The molecule has 2 unspecified atom stereocenters. The monoisotopic (exact) mass is 531 g/mol. The van der Waals surface area contributed by atoms with Gasteiger partial charge in [-0.15, -0.1) is 0 Å². The number of hydrogen-bond donors (Lipinski definition) is 2. The van der Waals surface area contributed by atoms with Crippen molar-refractivity contribution in [2.75, 3.05) is 17.7 Å². The van der Waals surface area contributed by atoms with Crippen LogP contribution in [0.2, 0.25) is 0 Å². The minimum Gasteiger partial charge on any atom is -0.463 e. The molecule has 1 heterocycles. The normalized spacial score (nSPS) is 16.5. The summed E-state index contributed by atoms with van der Waals surface area (Å²) in [5, 5.41) is 15.4. The first kappa shape index (κ1) is 27.7. The van der Waals surface area contributed by atoms with Gasteiger partial charge in [0.1, 0.15) is 0 Å². The van der Waals surface area contributed by atoms with Crippen LogP contribution in [0, 0.1) is 11.3 Å². The molecule has 1 aliphatic heterocycles. The third-order valence-corrected chi connectivity index (χ3v) is 6.90. The Hall–Kier alpha value is -3.91. The van der Waals surface area contributed by atoms with E-state index in [2.05, 4.69) is 10.6 Å². The molecule has 2 aromatic rings. The number of ether oxygens (including phenoxy) is 1. The maximum absolute atomic E-state index is 13.9. The van der Waals surface area contributed by atoms with Gasteiger partial charge in [0, 0.05) is 28.9 Å². The number of amides is 1. The number of rotatable bonds is 7. The number of carbonyl (C=O) groups excluding carboxylic acids is 2. The van der Waals surface area contributed by atoms with Crippen LogP contribution < -0.4 is 10.6 Å². The predicted molar refractivity (Wildman–Crippen MR) is 131 cm³/mol. The lowest BCUT2D eigenvalue weighted by molar-refractivity contribution is -0.140. The highest BCUT2D eigenvalue weighted by Gasteiger charge is 2.41. The maximum atomic E-state index is 13.9. The fraction of sp³-hybridized carbons (Fsp3) is 0.269. The van der Waals surface area contributed by atoms with Crippen LogP contribution in [0.4, 0.5) is 18.9 Å². The first-order chi connectivity index (χ1) is 17.5. The summed E-state index contributed by atoms with van der Waals surface area (Å²) in [6.45, 7) is 4.35. The van der Waals surface area contributed by atoms with Crippen molar-refractivity contribution in [1.82, 2.24) is 5.32 Å². The number of allylic oxidation sites excluding steroid dienone is 2. The molecule has 3 rings (SSSR count). The summed E-state index contributed by atoms with van der Waals surface area (Å²) in [7, 11) is -1.73. The van der Waals surface area contributed by atoms with Gasteiger partial charge in [-0.1, -0.05) is 18.2 Å². The molecule has 0 radical (unpaired) electrons. The third kappa shape index (κ3) is 6.27. The van der Waals surface area contributed by atoms with E-state index >= 15 is 0 Å². The highest BCUT2D eigenvalue weighted by Crippen LogP contribution is 2.44. The molecule has 2 aromatic carbocycles. The van der Waals surface area contributed by atoms with E-state index in [1.165, 1.54) is 44.2 Å². The Morgan fingerprint density at radius 2 is 1.81 bits per heavy atom. The summed E-state index contributed by atoms with van der Waals surface area (Å²) < 4.78 is 60.2. The minimum absolute atomic E-state index is 0.0540. The molecule has 11 heteroatoms. The average molecular weight is 532 g/mol. The topological polar surface area (TPSA) is 108 Å². The number of halogens is 3. The third-order valence-electron chi connectivity index (χ3n) is 5.55. The molecule has 0 saturated carbocycles. The van der Waals surface area contributed by atoms with Crippen LogP contribution in [0.5, 0.6) is 0 Å². The molecule has 7 nitrogen and oxygen atoms in total. The van der Waals surface area contributed by atoms with E-state index in [0.717, 1.165) is 6.07 Å². The molecule has 194 valence electrons. The van der Waals surface area contributed by atoms with Crippen LogP contribution in [-0.2, 0) is 31.3 Å². The Labute approximate surface area is 214 Å². The number of anilines is 1. The van der Waals surface area contributed by atoms with Gasteiger partial charge in [0.15, 0.2) is 0 Å². The molecular formula is C26H24F3N3O4S. The Morgan fingerprint density at radius 3 is 2.38 bits per heavy atom. The van der Waals surface area contributed by atoms with Gasteiger partial charge >= 0.3 is 12.1 Å². The van der Waals surface area contributed by atoms with Crippen molar-refractivity contribution in [3.05, 3.63) is 82.2 Å². The Morgan fingerprint density at radius 1 is 1.16 bits per heavy atom. The SMILES string of the molecule is CCOC(=O)C1=C(CS(=O)c2ccc(NC(C)=O)cc2)NC(C)=C(C#N)C1c1ccccc1C(F)(F)F. The number of hydrogen-bond acceptors (Lipinski definition) is 6. The summed E-state index contributed by atoms with van der Waals surface area (Å²) in [5.41, 5.74) is -0.710. The second kappa shape index (κ2) is 11.4. The maximum Gasteiger partial charge on any atom is 0.416 e. The van der Waals surface area contributed by atoms with Crippen molar-refractivity contribution in [2.45, 2.75) is 37.8 Å². The largest absolute Gasteiger partial charge is 0.463 e. The first-order valence-electron chi connectivity index (χ1n) is 11.2. The number of dihydropyridines is 1. The number of carbonyl (C=O) groups is 2. The fourth-order valence-electron chi connectivity index (χ4n) is 4.03. The van der Waals surface area contributed by atoms with Gasteiger partial charge in [-0.05, 0) is 49.7 Å². The van der Waals surface area contributed by atoms with Gasteiger partial charge in [-0.3, -0.25) is 9.00 Å². The number of alkyl halides is 3. The lowest BCUT2D eigenvalue weighted by atomic mass is 9.79. The van der Waals surface area contributed by atoms with Crippen LogP contribution in [0.25, 0.3) is 0 Å². The smallest absolute Gasteiger partial charge is 0.416 e. The Balaban J connectivity index is 2.14. The van der Waals surface area contributed by atoms with Crippen LogP contribution >= 0.6 is 0 Å². The molecule has 0 fully saturated rings. The molecule has 0 aliphatic carbocycles. The second-order valence-corrected chi connectivity index (χ2v) is 9.55. The zero-order valence-electron chi connectivity index (χ0n) is 20.2. The molecule has 0 bridgehead atoms. The minimum atomic E-state index is -4.74. The van der Waals surface area contributed by atoms with Gasteiger partial charge in [0.2, 0.25) is 5.91 Å². The van der Waals surface area contributed by atoms with E-state index < -0.39 is 34.4 Å². The number of esters is 1. The van der Waals surface area contributed by atoms with Crippen LogP contribution in [0.1, 0.15) is 37.8 Å². The highest BCUT2D eigenvalue weighted by atomic mass is 32.2. The van der Waals surface area contributed by atoms with Crippen molar-refractivity contribution < 1.29 is 31.7 Å². The first-order valence-corrected chi connectivity index (χ1v) is 12.5. The number of nitrogens with one attached hydrogen (secondary N) is 2. The quantitative estimate of drug-likeness (QED) is 0.498. The summed E-state index contributed by atoms with van der Waals surface area (Å²) >= 11 is 0. The van der Waals surface area contributed by atoms with Crippen LogP contribution in [0.3, 0.4) is 0 Å². The number of nitrogens with zero attached hydrogens (tertiary/aromatic N) is 1. The van der Waals surface area contributed by atoms with Crippen molar-refractivity contribution in [3.63, 3.8) is 0 Å². The lowest BCUT2D eigenvalue weighted by Gasteiger charge is -2.31.